The lowest BCUT2D eigenvalue weighted by molar-refractivity contribution is -0.139. The van der Waals surface area contributed by atoms with Crippen molar-refractivity contribution in [3.8, 4) is 5.75 Å². The first-order valence-electron chi connectivity index (χ1n) is 8.18. The van der Waals surface area contributed by atoms with Crippen LogP contribution in [0.15, 0.2) is 36.5 Å². The van der Waals surface area contributed by atoms with Crippen molar-refractivity contribution < 1.29 is 9.53 Å². The third-order valence-corrected chi connectivity index (χ3v) is 4.63. The number of pyridine rings is 1. The maximum absolute atomic E-state index is 12.4. The summed E-state index contributed by atoms with van der Waals surface area (Å²) in [5.41, 5.74) is 2.15. The Balaban J connectivity index is 1.58. The molecule has 0 unspecified atom stereocenters. The molecule has 4 nitrogen and oxygen atoms in total. The van der Waals surface area contributed by atoms with Crippen molar-refractivity contribution in [1.29, 1.82) is 0 Å². The number of benzene rings is 1. The highest BCUT2D eigenvalue weighted by molar-refractivity contribution is 6.30. The Kier molecular flexibility index (Phi) is 5.05. The molecule has 0 spiro atoms. The quantitative estimate of drug-likeness (QED) is 0.619. The molecule has 0 N–H and O–H groups in total. The highest BCUT2D eigenvalue weighted by Crippen LogP contribution is 2.26. The van der Waals surface area contributed by atoms with Crippen LogP contribution in [0, 0.1) is 19.8 Å². The van der Waals surface area contributed by atoms with Crippen LogP contribution < -0.4 is 9.64 Å². The number of nitrogens with zero attached hydrogens (tertiary/aromatic N) is 2. The van der Waals surface area contributed by atoms with E-state index in [1.807, 2.05) is 44.2 Å². The van der Waals surface area contributed by atoms with E-state index in [-0.39, 0.29) is 11.9 Å². The second kappa shape index (κ2) is 7.22. The van der Waals surface area contributed by atoms with Gasteiger partial charge in [0.05, 0.1) is 10.9 Å². The van der Waals surface area contributed by atoms with Gasteiger partial charge in [0.2, 0.25) is 0 Å². The monoisotopic (exact) mass is 344 g/mol. The smallest absolute Gasteiger partial charge is 0.314 e. The van der Waals surface area contributed by atoms with Gasteiger partial charge in [-0.2, -0.15) is 0 Å². The number of anilines is 1. The molecule has 1 aliphatic heterocycles. The standard InChI is InChI=1S/C19H21ClN2O2/c1-13-3-5-17(14(2)11-13)24-19(23)15-7-9-22(10-8-15)18-6-4-16(20)12-21-18/h3-6,11-12,15H,7-10H2,1-2H3. The van der Waals surface area contributed by atoms with Crippen LogP contribution >= 0.6 is 11.6 Å². The molecule has 0 atom stereocenters. The van der Waals surface area contributed by atoms with E-state index >= 15 is 0 Å². The van der Waals surface area contributed by atoms with Gasteiger partial charge in [-0.3, -0.25) is 4.79 Å². The number of aromatic nitrogens is 1. The van der Waals surface area contributed by atoms with Crippen molar-refractivity contribution in [2.75, 3.05) is 18.0 Å². The molecule has 1 aromatic carbocycles. The van der Waals surface area contributed by atoms with E-state index in [2.05, 4.69) is 9.88 Å². The fourth-order valence-corrected chi connectivity index (χ4v) is 3.12. The number of carbonyl (C=O) groups is 1. The lowest BCUT2D eigenvalue weighted by Gasteiger charge is -2.31. The van der Waals surface area contributed by atoms with Crippen molar-refractivity contribution in [1.82, 2.24) is 4.98 Å². The topological polar surface area (TPSA) is 42.4 Å². The molecule has 1 aliphatic rings. The number of esters is 1. The summed E-state index contributed by atoms with van der Waals surface area (Å²) in [5.74, 6) is 1.37. The highest BCUT2D eigenvalue weighted by Gasteiger charge is 2.27. The van der Waals surface area contributed by atoms with Crippen LogP contribution in [-0.4, -0.2) is 24.0 Å². The molecule has 0 aliphatic carbocycles. The Morgan fingerprint density at radius 3 is 2.58 bits per heavy atom. The largest absolute Gasteiger partial charge is 0.426 e. The van der Waals surface area contributed by atoms with Gasteiger partial charge in [-0.15, -0.1) is 0 Å². The van der Waals surface area contributed by atoms with E-state index in [4.69, 9.17) is 16.3 Å². The summed E-state index contributed by atoms with van der Waals surface area (Å²) in [4.78, 5) is 18.9. The Morgan fingerprint density at radius 1 is 1.21 bits per heavy atom. The summed E-state index contributed by atoms with van der Waals surface area (Å²) in [6, 6.07) is 9.61. The molecule has 0 bridgehead atoms. The number of piperidine rings is 1. The van der Waals surface area contributed by atoms with Gasteiger partial charge in [-0.1, -0.05) is 29.3 Å². The van der Waals surface area contributed by atoms with Gasteiger partial charge in [-0.05, 0) is 50.5 Å². The fraction of sp³-hybridized carbons (Fsp3) is 0.368. The van der Waals surface area contributed by atoms with Gasteiger partial charge >= 0.3 is 5.97 Å². The number of hydrogen-bond donors (Lipinski definition) is 0. The minimum Gasteiger partial charge on any atom is -0.426 e. The normalized spacial score (nSPS) is 15.4. The third kappa shape index (κ3) is 3.88. The maximum atomic E-state index is 12.4. The average Bonchev–Trinajstić information content (AvgIpc) is 2.58. The van der Waals surface area contributed by atoms with Gasteiger partial charge in [0, 0.05) is 19.3 Å². The second-order valence-corrected chi connectivity index (χ2v) is 6.72. The second-order valence-electron chi connectivity index (χ2n) is 6.29. The van der Waals surface area contributed by atoms with Crippen LogP contribution in [0.3, 0.4) is 0 Å². The summed E-state index contributed by atoms with van der Waals surface area (Å²) >= 11 is 5.87. The minimum atomic E-state index is -0.134. The number of carbonyl (C=O) groups excluding carboxylic acids is 1. The molecule has 0 saturated carbocycles. The highest BCUT2D eigenvalue weighted by atomic mass is 35.5. The molecule has 0 radical (unpaired) electrons. The Morgan fingerprint density at radius 2 is 1.96 bits per heavy atom. The van der Waals surface area contributed by atoms with Crippen molar-refractivity contribution in [2.24, 2.45) is 5.92 Å². The van der Waals surface area contributed by atoms with Gasteiger partial charge in [0.15, 0.2) is 0 Å². The summed E-state index contributed by atoms with van der Waals surface area (Å²) in [6.07, 6.45) is 3.19. The number of halogens is 1. The van der Waals surface area contributed by atoms with E-state index in [1.165, 1.54) is 0 Å². The van der Waals surface area contributed by atoms with Gasteiger partial charge in [0.25, 0.3) is 0 Å². The molecule has 126 valence electrons. The zero-order chi connectivity index (χ0) is 17.1. The Labute approximate surface area is 147 Å². The summed E-state index contributed by atoms with van der Waals surface area (Å²) in [6.45, 7) is 5.58. The predicted molar refractivity (Wildman–Crippen MR) is 95.7 cm³/mol. The summed E-state index contributed by atoms with van der Waals surface area (Å²) in [5, 5.41) is 0.630. The van der Waals surface area contributed by atoms with Gasteiger partial charge < -0.3 is 9.64 Å². The first kappa shape index (κ1) is 16.8. The zero-order valence-electron chi connectivity index (χ0n) is 14.0. The first-order valence-corrected chi connectivity index (χ1v) is 8.56. The van der Waals surface area contributed by atoms with Crippen molar-refractivity contribution in [2.45, 2.75) is 26.7 Å². The molecule has 24 heavy (non-hydrogen) atoms. The van der Waals surface area contributed by atoms with E-state index in [0.29, 0.717) is 10.8 Å². The Hall–Kier alpha value is -2.07. The first-order chi connectivity index (χ1) is 11.5. The molecule has 1 aromatic heterocycles. The third-order valence-electron chi connectivity index (χ3n) is 4.41. The number of rotatable bonds is 3. The van der Waals surface area contributed by atoms with Gasteiger partial charge in [-0.25, -0.2) is 4.98 Å². The van der Waals surface area contributed by atoms with E-state index in [1.54, 1.807) is 6.20 Å². The van der Waals surface area contributed by atoms with E-state index in [9.17, 15) is 4.79 Å². The number of aryl methyl sites for hydroxylation is 2. The molecule has 5 heteroatoms. The molecule has 2 heterocycles. The average molecular weight is 345 g/mol. The van der Waals surface area contributed by atoms with Crippen LogP contribution in [0.5, 0.6) is 5.75 Å². The molecule has 3 rings (SSSR count). The van der Waals surface area contributed by atoms with E-state index < -0.39 is 0 Å². The minimum absolute atomic E-state index is 0.0609. The lowest BCUT2D eigenvalue weighted by Crippen LogP contribution is -2.38. The van der Waals surface area contributed by atoms with Gasteiger partial charge in [0.1, 0.15) is 11.6 Å². The zero-order valence-corrected chi connectivity index (χ0v) is 14.7. The SMILES string of the molecule is Cc1ccc(OC(=O)C2CCN(c3ccc(Cl)cn3)CC2)c(C)c1. The Bertz CT molecular complexity index is 723. The van der Waals surface area contributed by atoms with Crippen molar-refractivity contribution in [3.63, 3.8) is 0 Å². The van der Waals surface area contributed by atoms with Crippen LogP contribution in [0.1, 0.15) is 24.0 Å². The predicted octanol–water partition coefficient (Wildman–Crippen LogP) is 4.17. The van der Waals surface area contributed by atoms with Crippen LogP contribution in [-0.2, 0) is 4.79 Å². The fourth-order valence-electron chi connectivity index (χ4n) is 3.00. The van der Waals surface area contributed by atoms with Crippen LogP contribution in [0.4, 0.5) is 5.82 Å². The molecule has 1 fully saturated rings. The summed E-state index contributed by atoms with van der Waals surface area (Å²) < 4.78 is 5.61. The van der Waals surface area contributed by atoms with Crippen molar-refractivity contribution >= 4 is 23.4 Å². The van der Waals surface area contributed by atoms with Crippen molar-refractivity contribution in [3.05, 3.63) is 52.7 Å². The molecule has 2 aromatic rings. The number of hydrogen-bond acceptors (Lipinski definition) is 4. The summed E-state index contributed by atoms with van der Waals surface area (Å²) in [7, 11) is 0. The number of ether oxygens (including phenoxy) is 1. The molecular weight excluding hydrogens is 324 g/mol. The molecular formula is C19H21ClN2O2. The lowest BCUT2D eigenvalue weighted by atomic mass is 9.97. The van der Waals surface area contributed by atoms with Crippen LogP contribution in [0.25, 0.3) is 0 Å². The molecule has 0 amide bonds. The van der Waals surface area contributed by atoms with Crippen LogP contribution in [0.2, 0.25) is 5.02 Å². The maximum Gasteiger partial charge on any atom is 0.314 e. The molecule has 1 saturated heterocycles. The van der Waals surface area contributed by atoms with E-state index in [0.717, 1.165) is 42.9 Å².